The van der Waals surface area contributed by atoms with Crippen LogP contribution in [0, 0.1) is 5.92 Å². The lowest BCUT2D eigenvalue weighted by atomic mass is 9.81. The summed E-state index contributed by atoms with van der Waals surface area (Å²) in [5.74, 6) is -0.110. The lowest BCUT2D eigenvalue weighted by molar-refractivity contribution is -0.130. The van der Waals surface area contributed by atoms with Crippen molar-refractivity contribution in [1.29, 1.82) is 0 Å². The molecule has 0 radical (unpaired) electrons. The number of alkyl carbamates (subject to hydrolysis) is 1. The number of rotatable bonds is 12. The summed E-state index contributed by atoms with van der Waals surface area (Å²) in [7, 11) is 0. The van der Waals surface area contributed by atoms with Crippen molar-refractivity contribution >= 4 is 17.9 Å². The lowest BCUT2D eigenvalue weighted by Gasteiger charge is -2.41. The monoisotopic (exact) mass is 678 g/mol. The maximum atomic E-state index is 13.3. The number of ether oxygens (including phenoxy) is 1. The van der Waals surface area contributed by atoms with Crippen LogP contribution in [0.15, 0.2) is 72.8 Å². The van der Waals surface area contributed by atoms with E-state index in [0.29, 0.717) is 29.5 Å². The van der Waals surface area contributed by atoms with Gasteiger partial charge in [0.2, 0.25) is 5.91 Å². The minimum atomic E-state index is -1.37. The minimum Gasteiger partial charge on any atom is -0.449 e. The van der Waals surface area contributed by atoms with Gasteiger partial charge in [0.15, 0.2) is 0 Å². The first-order chi connectivity index (χ1) is 24.4. The highest BCUT2D eigenvalue weighted by molar-refractivity contribution is 5.93. The van der Waals surface area contributed by atoms with Crippen molar-refractivity contribution < 1.29 is 24.2 Å². The Morgan fingerprint density at radius 2 is 1.52 bits per heavy atom. The second-order valence-electron chi connectivity index (χ2n) is 14.8. The Bertz CT molecular complexity index is 1630. The molecule has 3 aromatic rings. The molecular weight excluding hydrogens is 628 g/mol. The number of primary amides is 1. The first-order valence-electron chi connectivity index (χ1n) is 18.6. The number of aliphatic hydroxyl groups is 1. The van der Waals surface area contributed by atoms with Crippen molar-refractivity contribution in [2.75, 3.05) is 19.7 Å². The number of aliphatic hydroxyl groups excluding tert-OH is 1. The Kier molecular flexibility index (Phi) is 10.5. The van der Waals surface area contributed by atoms with Gasteiger partial charge in [-0.05, 0) is 96.7 Å². The van der Waals surface area contributed by atoms with E-state index in [1.165, 1.54) is 12.0 Å². The summed E-state index contributed by atoms with van der Waals surface area (Å²) < 4.78 is 5.61. The predicted octanol–water partition coefficient (Wildman–Crippen LogP) is 5.85. The van der Waals surface area contributed by atoms with Gasteiger partial charge < -0.3 is 26.2 Å². The van der Waals surface area contributed by atoms with Crippen LogP contribution in [-0.2, 0) is 9.53 Å². The molecule has 1 saturated carbocycles. The molecule has 264 valence electrons. The highest BCUT2D eigenvalue weighted by Gasteiger charge is 2.41. The molecule has 9 nitrogen and oxygen atoms in total. The van der Waals surface area contributed by atoms with Crippen LogP contribution in [0.3, 0.4) is 0 Å². The Morgan fingerprint density at radius 1 is 0.860 bits per heavy atom. The van der Waals surface area contributed by atoms with Crippen LogP contribution in [0.5, 0.6) is 0 Å². The molecule has 2 bridgehead atoms. The number of piperidine rings is 1. The van der Waals surface area contributed by atoms with E-state index in [4.69, 9.17) is 10.5 Å². The highest BCUT2D eigenvalue weighted by Crippen LogP contribution is 2.45. The maximum absolute atomic E-state index is 13.3. The fourth-order valence-corrected chi connectivity index (χ4v) is 9.31. The molecule has 5 N–H and O–H groups in total. The smallest absolute Gasteiger partial charge is 0.407 e. The summed E-state index contributed by atoms with van der Waals surface area (Å²) in [6.45, 7) is 0.859. The van der Waals surface area contributed by atoms with Crippen LogP contribution in [0.4, 0.5) is 4.79 Å². The van der Waals surface area contributed by atoms with E-state index in [2.05, 4.69) is 45.9 Å². The average Bonchev–Trinajstić information content (AvgIpc) is 3.59. The van der Waals surface area contributed by atoms with Gasteiger partial charge in [0.1, 0.15) is 12.7 Å². The van der Waals surface area contributed by atoms with Gasteiger partial charge in [0, 0.05) is 36.2 Å². The highest BCUT2D eigenvalue weighted by atomic mass is 16.5. The quantitative estimate of drug-likeness (QED) is 0.190. The second-order valence-corrected chi connectivity index (χ2v) is 14.8. The molecule has 2 aliphatic carbocycles. The zero-order chi connectivity index (χ0) is 34.6. The van der Waals surface area contributed by atoms with Gasteiger partial charge in [-0.1, -0.05) is 79.9 Å². The van der Waals surface area contributed by atoms with Crippen LogP contribution in [0.2, 0.25) is 0 Å². The summed E-state index contributed by atoms with van der Waals surface area (Å²) in [6.07, 6.45) is 8.93. The number of nitrogens with two attached hydrogens (primary N) is 1. The molecule has 2 saturated heterocycles. The summed E-state index contributed by atoms with van der Waals surface area (Å²) in [6, 6.07) is 25.0. The lowest BCUT2D eigenvalue weighted by Crippen LogP contribution is -2.51. The summed E-state index contributed by atoms with van der Waals surface area (Å²) in [4.78, 5) is 40.5. The first-order valence-corrected chi connectivity index (χ1v) is 18.6. The summed E-state index contributed by atoms with van der Waals surface area (Å²) in [5.41, 5.74) is 11.9. The Balaban J connectivity index is 0.910. The number of nitrogens with one attached hydrogen (secondary N) is 2. The minimum absolute atomic E-state index is 0.0312. The largest absolute Gasteiger partial charge is 0.449 e. The van der Waals surface area contributed by atoms with E-state index in [1.807, 2.05) is 36.4 Å². The molecule has 9 heteroatoms. The fraction of sp³-hybridized carbons (Fsp3) is 0.488. The van der Waals surface area contributed by atoms with E-state index in [-0.39, 0.29) is 31.0 Å². The molecule has 2 aliphatic heterocycles. The van der Waals surface area contributed by atoms with Crippen LogP contribution >= 0.6 is 0 Å². The van der Waals surface area contributed by atoms with E-state index in [0.717, 1.165) is 86.6 Å². The van der Waals surface area contributed by atoms with Crippen molar-refractivity contribution in [2.24, 2.45) is 11.7 Å². The molecule has 3 aromatic carbocycles. The maximum Gasteiger partial charge on any atom is 0.407 e. The van der Waals surface area contributed by atoms with Crippen molar-refractivity contribution in [3.05, 3.63) is 95.1 Å². The van der Waals surface area contributed by atoms with Gasteiger partial charge in [0.25, 0.3) is 5.91 Å². The van der Waals surface area contributed by atoms with Crippen molar-refractivity contribution in [1.82, 2.24) is 15.5 Å². The van der Waals surface area contributed by atoms with Crippen molar-refractivity contribution in [3.63, 3.8) is 0 Å². The van der Waals surface area contributed by atoms with Crippen LogP contribution in [0.25, 0.3) is 11.1 Å². The molecule has 0 aromatic heterocycles. The molecule has 50 heavy (non-hydrogen) atoms. The zero-order valence-electron chi connectivity index (χ0n) is 28.8. The molecule has 2 heterocycles. The number of benzene rings is 3. The molecular formula is C41H50N4O5. The van der Waals surface area contributed by atoms with Crippen molar-refractivity contribution in [2.45, 2.75) is 100 Å². The molecule has 4 aliphatic rings. The number of hydrogen-bond donors (Lipinski definition) is 4. The molecule has 3 amide bonds. The second kappa shape index (κ2) is 15.4. The van der Waals surface area contributed by atoms with E-state index >= 15 is 0 Å². The Morgan fingerprint density at radius 3 is 2.18 bits per heavy atom. The molecule has 7 rings (SSSR count). The van der Waals surface area contributed by atoms with E-state index in [1.54, 1.807) is 6.07 Å². The number of carbonyl (C=O) groups is 3. The SMILES string of the molecule is NC(=O)c1cccc(C2C[C@H]3CC[C@@H](C2)N3CCC(NC(=O)C(O)CNC(=O)OCC2c3ccccc3-c3ccccc32)C2CCCCC2)c1. The van der Waals surface area contributed by atoms with Gasteiger partial charge in [0.05, 0.1) is 6.54 Å². The normalized spacial score (nSPS) is 23.0. The third-order valence-electron chi connectivity index (χ3n) is 11.9. The van der Waals surface area contributed by atoms with Gasteiger partial charge in [-0.2, -0.15) is 0 Å². The zero-order valence-corrected chi connectivity index (χ0v) is 28.8. The van der Waals surface area contributed by atoms with Crippen LogP contribution in [0.1, 0.15) is 103 Å². The third-order valence-corrected chi connectivity index (χ3v) is 11.9. The molecule has 5 atom stereocenters. The van der Waals surface area contributed by atoms with Gasteiger partial charge in [-0.3, -0.25) is 14.5 Å². The third kappa shape index (κ3) is 7.44. The van der Waals surface area contributed by atoms with E-state index in [9.17, 15) is 19.5 Å². The number of carbonyl (C=O) groups excluding carboxylic acids is 3. The number of nitrogens with zero attached hydrogens (tertiary/aromatic N) is 1. The topological polar surface area (TPSA) is 134 Å². The van der Waals surface area contributed by atoms with Gasteiger partial charge >= 0.3 is 6.09 Å². The van der Waals surface area contributed by atoms with Crippen LogP contribution in [-0.4, -0.2) is 71.8 Å². The number of hydrogen-bond acceptors (Lipinski definition) is 6. The summed E-state index contributed by atoms with van der Waals surface area (Å²) >= 11 is 0. The average molecular weight is 679 g/mol. The Hall–Kier alpha value is -4.21. The Labute approximate surface area is 295 Å². The first kappa shape index (κ1) is 34.2. The number of fused-ring (bicyclic) bond motifs is 5. The van der Waals surface area contributed by atoms with Gasteiger partial charge in [-0.25, -0.2) is 4.79 Å². The standard InChI is InChI=1S/C41H50N4O5/c42-39(47)28-12-8-11-27(21-28)29-22-30-17-18-31(23-29)45(30)20-19-37(26-9-2-1-3-10-26)44-40(48)38(46)24-43-41(49)50-25-36-34-15-6-4-13-32(34)33-14-5-7-16-35(33)36/h4-8,11-16,21,26,29-31,36-38,46H,1-3,9-10,17-20,22-25H2,(H2,42,47)(H,43,49)(H,44,48)/t29?,30-,31+,37?,38?. The van der Waals surface area contributed by atoms with Gasteiger partial charge in [-0.15, -0.1) is 0 Å². The summed E-state index contributed by atoms with van der Waals surface area (Å²) in [5, 5.41) is 16.6. The van der Waals surface area contributed by atoms with E-state index < -0.39 is 18.1 Å². The molecule has 3 fully saturated rings. The fourth-order valence-electron chi connectivity index (χ4n) is 9.31. The van der Waals surface area contributed by atoms with Crippen LogP contribution < -0.4 is 16.4 Å². The number of amides is 3. The predicted molar refractivity (Wildman–Crippen MR) is 193 cm³/mol. The molecule has 3 unspecified atom stereocenters. The van der Waals surface area contributed by atoms with Crippen molar-refractivity contribution in [3.8, 4) is 11.1 Å². The molecule has 0 spiro atoms.